The van der Waals surface area contributed by atoms with E-state index in [9.17, 15) is 4.79 Å². The summed E-state index contributed by atoms with van der Waals surface area (Å²) in [5.74, 6) is -0.0450. The molecule has 6 rings (SSSR count). The summed E-state index contributed by atoms with van der Waals surface area (Å²) in [4.78, 5) is 17.5. The molecule has 4 aromatic rings. The van der Waals surface area contributed by atoms with Gasteiger partial charge in [0.25, 0.3) is 0 Å². The Bertz CT molecular complexity index is 1590. The van der Waals surface area contributed by atoms with Gasteiger partial charge in [0, 0.05) is 48.1 Å². The second-order valence-electron chi connectivity index (χ2n) is 11.2. The van der Waals surface area contributed by atoms with Crippen molar-refractivity contribution >= 4 is 38.9 Å². The highest BCUT2D eigenvalue weighted by Crippen LogP contribution is 2.37. The topological polar surface area (TPSA) is 74.0 Å². The van der Waals surface area contributed by atoms with Crippen LogP contribution in [0, 0.1) is 0 Å². The minimum Gasteiger partial charge on any atom is -0.491 e. The summed E-state index contributed by atoms with van der Waals surface area (Å²) in [5, 5.41) is 5.48. The van der Waals surface area contributed by atoms with Gasteiger partial charge < -0.3 is 24.0 Å². The molecular formula is C33H37BrClN5O4. The maximum atomic E-state index is 12.8. The van der Waals surface area contributed by atoms with Gasteiger partial charge in [0.05, 0.1) is 23.7 Å². The van der Waals surface area contributed by atoms with E-state index >= 15 is 0 Å². The molecule has 0 radical (unpaired) electrons. The number of rotatable bonds is 10. The Kier molecular flexibility index (Phi) is 9.32. The van der Waals surface area contributed by atoms with Crippen molar-refractivity contribution in [2.24, 2.45) is 0 Å². The Morgan fingerprint density at radius 2 is 1.55 bits per heavy atom. The predicted octanol–water partition coefficient (Wildman–Crippen LogP) is 6.03. The third kappa shape index (κ3) is 6.40. The van der Waals surface area contributed by atoms with Crippen molar-refractivity contribution in [3.63, 3.8) is 0 Å². The van der Waals surface area contributed by atoms with Crippen molar-refractivity contribution in [2.45, 2.75) is 38.2 Å². The molecule has 2 aliphatic heterocycles. The fourth-order valence-electron chi connectivity index (χ4n) is 5.61. The monoisotopic (exact) mass is 681 g/mol. The first-order valence-electron chi connectivity index (χ1n) is 15.0. The Hall–Kier alpha value is -3.31. The van der Waals surface area contributed by atoms with E-state index in [1.165, 1.54) is 5.69 Å². The van der Waals surface area contributed by atoms with E-state index in [4.69, 9.17) is 25.8 Å². The zero-order valence-electron chi connectivity index (χ0n) is 24.9. The zero-order valence-corrected chi connectivity index (χ0v) is 27.3. The highest BCUT2D eigenvalue weighted by atomic mass is 79.9. The summed E-state index contributed by atoms with van der Waals surface area (Å²) >= 11 is 9.60. The quantitative estimate of drug-likeness (QED) is 0.189. The molecule has 0 saturated carbocycles. The van der Waals surface area contributed by atoms with Gasteiger partial charge in [-0.05, 0) is 74.0 Å². The van der Waals surface area contributed by atoms with Crippen molar-refractivity contribution in [3.8, 4) is 11.4 Å². The van der Waals surface area contributed by atoms with Crippen molar-refractivity contribution in [1.29, 1.82) is 0 Å². The summed E-state index contributed by atoms with van der Waals surface area (Å²) in [6.07, 6.45) is 2.28. The molecule has 2 aliphatic rings. The van der Waals surface area contributed by atoms with Gasteiger partial charge in [-0.15, -0.1) is 0 Å². The van der Waals surface area contributed by atoms with Gasteiger partial charge >= 0.3 is 5.69 Å². The van der Waals surface area contributed by atoms with Crippen LogP contribution in [0.25, 0.3) is 5.69 Å². The molecule has 3 aromatic carbocycles. The molecule has 0 spiro atoms. The number of halogens is 2. The van der Waals surface area contributed by atoms with Crippen molar-refractivity contribution < 1.29 is 14.2 Å². The number of anilines is 2. The van der Waals surface area contributed by atoms with Gasteiger partial charge in [-0.1, -0.05) is 46.6 Å². The van der Waals surface area contributed by atoms with Crippen LogP contribution < -0.4 is 20.2 Å². The molecule has 44 heavy (non-hydrogen) atoms. The standard InChI is InChI=1S/C33H37BrClN5O4/c1-3-24(2)40-32(41)39(23-36-40)29-10-8-27(9-11-29)37-16-18-38(19-17-37)28-12-14-30(15-13-28)42-20-31-21-43-33(22-34,44-31)25-4-6-26(35)7-5-25/h4-15,23-24,31H,3,16-22H2,1-2H3/t24?,31-,33+/m1/s1. The molecule has 0 aliphatic carbocycles. The van der Waals surface area contributed by atoms with Crippen molar-refractivity contribution in [1.82, 2.24) is 14.3 Å². The summed E-state index contributed by atoms with van der Waals surface area (Å²) < 4.78 is 21.6. The maximum Gasteiger partial charge on any atom is 0.350 e. The largest absolute Gasteiger partial charge is 0.491 e. The maximum absolute atomic E-state index is 12.8. The third-order valence-electron chi connectivity index (χ3n) is 8.43. The number of aromatic nitrogens is 3. The Morgan fingerprint density at radius 1 is 0.955 bits per heavy atom. The fourth-order valence-corrected chi connectivity index (χ4v) is 6.35. The van der Waals surface area contributed by atoms with Crippen LogP contribution in [0.4, 0.5) is 11.4 Å². The van der Waals surface area contributed by atoms with E-state index in [0.717, 1.165) is 55.3 Å². The molecule has 2 fully saturated rings. The molecule has 0 amide bonds. The average Bonchev–Trinajstić information content (AvgIpc) is 3.68. The van der Waals surface area contributed by atoms with E-state index < -0.39 is 5.79 Å². The Morgan fingerprint density at radius 3 is 2.14 bits per heavy atom. The van der Waals surface area contributed by atoms with Gasteiger partial charge in [-0.25, -0.2) is 14.0 Å². The van der Waals surface area contributed by atoms with E-state index in [1.807, 2.05) is 55.5 Å². The molecule has 2 saturated heterocycles. The highest BCUT2D eigenvalue weighted by Gasteiger charge is 2.42. The molecule has 3 heterocycles. The first kappa shape index (κ1) is 30.7. The van der Waals surface area contributed by atoms with E-state index in [2.05, 4.69) is 62.0 Å². The Labute approximate surface area is 271 Å². The molecule has 9 nitrogen and oxygen atoms in total. The number of nitrogens with zero attached hydrogens (tertiary/aromatic N) is 5. The molecule has 0 N–H and O–H groups in total. The molecule has 3 atom stereocenters. The second-order valence-corrected chi connectivity index (χ2v) is 12.2. The van der Waals surface area contributed by atoms with Gasteiger partial charge in [-0.3, -0.25) is 0 Å². The lowest BCUT2D eigenvalue weighted by molar-refractivity contribution is -0.159. The van der Waals surface area contributed by atoms with Crippen molar-refractivity contribution in [2.75, 3.05) is 54.5 Å². The van der Waals surface area contributed by atoms with Crippen LogP contribution in [-0.4, -0.2) is 65.2 Å². The molecule has 0 bridgehead atoms. The van der Waals surface area contributed by atoms with Crippen LogP contribution in [0.3, 0.4) is 0 Å². The first-order valence-corrected chi connectivity index (χ1v) is 16.5. The van der Waals surface area contributed by atoms with Crippen LogP contribution in [0.5, 0.6) is 5.75 Å². The summed E-state index contributed by atoms with van der Waals surface area (Å²) in [5.41, 5.74) is 3.96. The number of hydrogen-bond acceptors (Lipinski definition) is 7. The van der Waals surface area contributed by atoms with Crippen LogP contribution in [0.2, 0.25) is 5.02 Å². The lowest BCUT2D eigenvalue weighted by Crippen LogP contribution is -2.46. The lowest BCUT2D eigenvalue weighted by Gasteiger charge is -2.37. The highest BCUT2D eigenvalue weighted by molar-refractivity contribution is 9.09. The number of benzene rings is 3. The van der Waals surface area contributed by atoms with Gasteiger partial charge in [0.2, 0.25) is 5.79 Å². The lowest BCUT2D eigenvalue weighted by atomic mass is 10.1. The number of piperazine rings is 1. The summed E-state index contributed by atoms with van der Waals surface area (Å²) in [6.45, 7) is 8.54. The summed E-state index contributed by atoms with van der Waals surface area (Å²) in [7, 11) is 0. The summed E-state index contributed by atoms with van der Waals surface area (Å²) in [6, 6.07) is 24.0. The van der Waals surface area contributed by atoms with Crippen molar-refractivity contribution in [3.05, 3.63) is 100 Å². The fraction of sp³-hybridized carbons (Fsp3) is 0.394. The average molecular weight is 683 g/mol. The van der Waals surface area contributed by atoms with E-state index in [-0.39, 0.29) is 17.8 Å². The zero-order chi connectivity index (χ0) is 30.7. The number of alkyl halides is 1. The molecular weight excluding hydrogens is 646 g/mol. The molecule has 1 aromatic heterocycles. The SMILES string of the molecule is CCC(C)n1ncn(-c2ccc(N3CCN(c4ccc(OC[C@@H]5CO[C@](CBr)(c6ccc(Cl)cc6)O5)cc4)CC3)cc2)c1=O. The first-order chi connectivity index (χ1) is 21.4. The van der Waals surface area contributed by atoms with Crippen LogP contribution in [-0.2, 0) is 15.3 Å². The van der Waals surface area contributed by atoms with E-state index in [0.29, 0.717) is 23.6 Å². The van der Waals surface area contributed by atoms with Gasteiger partial charge in [0.1, 0.15) is 24.8 Å². The normalized spacial score (nSPS) is 21.0. The smallest absolute Gasteiger partial charge is 0.350 e. The van der Waals surface area contributed by atoms with Gasteiger partial charge in [-0.2, -0.15) is 5.10 Å². The van der Waals surface area contributed by atoms with Crippen LogP contribution in [0.1, 0.15) is 31.9 Å². The van der Waals surface area contributed by atoms with Crippen LogP contribution in [0.15, 0.2) is 83.9 Å². The third-order valence-corrected chi connectivity index (χ3v) is 9.42. The molecule has 11 heteroatoms. The molecule has 1 unspecified atom stereocenters. The Balaban J connectivity index is 0.993. The minimum atomic E-state index is -0.844. The van der Waals surface area contributed by atoms with Crippen LogP contribution >= 0.6 is 27.5 Å². The predicted molar refractivity (Wildman–Crippen MR) is 177 cm³/mol. The van der Waals surface area contributed by atoms with Gasteiger partial charge in [0.15, 0.2) is 0 Å². The second kappa shape index (κ2) is 13.4. The molecule has 232 valence electrons. The number of hydrogen-bond donors (Lipinski definition) is 0. The van der Waals surface area contributed by atoms with E-state index in [1.54, 1.807) is 15.6 Å². The minimum absolute atomic E-state index is 0.0750. The number of ether oxygens (including phenoxy) is 3.